The monoisotopic (exact) mass is 378 g/mol. The van der Waals surface area contributed by atoms with Crippen LogP contribution >= 0.6 is 0 Å². The standard InChI is InChI=1S/C22H26N4O2/c1-15-6-7-16(2)21(17(15)3)28-14-20(27)25-19-8-11-26(12-9-19)22-18(13-23)5-4-10-24-22/h4-7,10,19H,8-9,11-12,14H2,1-3H3,(H,25,27). The highest BCUT2D eigenvalue weighted by Gasteiger charge is 2.23. The number of hydrogen-bond donors (Lipinski definition) is 1. The molecule has 1 N–H and O–H groups in total. The second-order valence-electron chi connectivity index (χ2n) is 7.26. The second-order valence-corrected chi connectivity index (χ2v) is 7.26. The van der Waals surface area contributed by atoms with Crippen LogP contribution in [0.1, 0.15) is 35.1 Å². The molecule has 1 fully saturated rings. The SMILES string of the molecule is Cc1ccc(C)c(OCC(=O)NC2CCN(c3ncccc3C#N)CC2)c1C. The van der Waals surface area contributed by atoms with Crippen molar-refractivity contribution in [3.63, 3.8) is 0 Å². The van der Waals surface area contributed by atoms with E-state index in [4.69, 9.17) is 4.74 Å². The molecular formula is C22H26N4O2. The fraction of sp³-hybridized carbons (Fsp3) is 0.409. The lowest BCUT2D eigenvalue weighted by Crippen LogP contribution is -2.46. The second kappa shape index (κ2) is 8.75. The number of benzene rings is 1. The highest BCUT2D eigenvalue weighted by Crippen LogP contribution is 2.25. The molecule has 146 valence electrons. The fourth-order valence-corrected chi connectivity index (χ4v) is 3.53. The van der Waals surface area contributed by atoms with E-state index in [2.05, 4.69) is 27.3 Å². The summed E-state index contributed by atoms with van der Waals surface area (Å²) in [7, 11) is 0. The summed E-state index contributed by atoms with van der Waals surface area (Å²) in [6, 6.07) is 9.93. The summed E-state index contributed by atoms with van der Waals surface area (Å²) >= 11 is 0. The molecule has 1 aromatic heterocycles. The number of piperidine rings is 1. The number of amides is 1. The molecule has 1 aromatic carbocycles. The van der Waals surface area contributed by atoms with Crippen LogP contribution in [0.25, 0.3) is 0 Å². The summed E-state index contributed by atoms with van der Waals surface area (Å²) in [6.07, 6.45) is 3.34. The van der Waals surface area contributed by atoms with Crippen LogP contribution < -0.4 is 15.0 Å². The Morgan fingerprint density at radius 3 is 2.68 bits per heavy atom. The maximum Gasteiger partial charge on any atom is 0.258 e. The normalized spacial score (nSPS) is 14.4. The molecule has 1 aliphatic heterocycles. The third-order valence-corrected chi connectivity index (χ3v) is 5.29. The van der Waals surface area contributed by atoms with E-state index in [1.54, 1.807) is 18.3 Å². The Hall–Kier alpha value is -3.07. The molecule has 2 heterocycles. The average Bonchev–Trinajstić information content (AvgIpc) is 2.71. The first-order chi connectivity index (χ1) is 13.5. The Balaban J connectivity index is 1.51. The molecule has 0 unspecified atom stereocenters. The summed E-state index contributed by atoms with van der Waals surface area (Å²) in [5.41, 5.74) is 3.85. The first-order valence-corrected chi connectivity index (χ1v) is 9.58. The van der Waals surface area contributed by atoms with Gasteiger partial charge in [-0.1, -0.05) is 12.1 Å². The number of ether oxygens (including phenoxy) is 1. The largest absolute Gasteiger partial charge is 0.483 e. The number of aryl methyl sites for hydroxylation is 2. The minimum Gasteiger partial charge on any atom is -0.483 e. The number of pyridine rings is 1. The van der Waals surface area contributed by atoms with Crippen molar-refractivity contribution in [2.24, 2.45) is 0 Å². The van der Waals surface area contributed by atoms with E-state index in [0.29, 0.717) is 5.56 Å². The van der Waals surface area contributed by atoms with Crippen LogP contribution in [0.15, 0.2) is 30.5 Å². The number of nitriles is 1. The minimum absolute atomic E-state index is 0.0180. The molecular weight excluding hydrogens is 352 g/mol. The van der Waals surface area contributed by atoms with E-state index in [-0.39, 0.29) is 18.6 Å². The molecule has 0 bridgehead atoms. The van der Waals surface area contributed by atoms with Gasteiger partial charge in [-0.05, 0) is 62.4 Å². The molecule has 3 rings (SSSR count). The van der Waals surface area contributed by atoms with E-state index in [9.17, 15) is 10.1 Å². The van der Waals surface area contributed by atoms with Gasteiger partial charge in [0.15, 0.2) is 6.61 Å². The van der Waals surface area contributed by atoms with Crippen molar-refractivity contribution in [3.8, 4) is 11.8 Å². The number of anilines is 1. The first-order valence-electron chi connectivity index (χ1n) is 9.58. The number of carbonyl (C=O) groups is 1. The van der Waals surface area contributed by atoms with Crippen molar-refractivity contribution < 1.29 is 9.53 Å². The van der Waals surface area contributed by atoms with Crippen molar-refractivity contribution in [1.29, 1.82) is 5.26 Å². The molecule has 2 aromatic rings. The number of rotatable bonds is 5. The molecule has 0 atom stereocenters. The van der Waals surface area contributed by atoms with E-state index >= 15 is 0 Å². The third kappa shape index (κ3) is 4.42. The Kier molecular flexibility index (Phi) is 6.15. The maximum absolute atomic E-state index is 12.3. The topological polar surface area (TPSA) is 78.2 Å². The van der Waals surface area contributed by atoms with Gasteiger partial charge in [-0.3, -0.25) is 4.79 Å². The number of nitrogens with zero attached hydrogens (tertiary/aromatic N) is 3. The summed E-state index contributed by atoms with van der Waals surface area (Å²) < 4.78 is 5.80. The predicted molar refractivity (Wildman–Crippen MR) is 108 cm³/mol. The van der Waals surface area contributed by atoms with Gasteiger partial charge in [0.2, 0.25) is 0 Å². The molecule has 1 amide bonds. The average molecular weight is 378 g/mol. The molecule has 1 aliphatic rings. The smallest absolute Gasteiger partial charge is 0.258 e. The van der Waals surface area contributed by atoms with Crippen LogP contribution in [-0.2, 0) is 4.79 Å². The van der Waals surface area contributed by atoms with Gasteiger partial charge < -0.3 is 15.0 Å². The van der Waals surface area contributed by atoms with E-state index < -0.39 is 0 Å². The van der Waals surface area contributed by atoms with Gasteiger partial charge in [0.25, 0.3) is 5.91 Å². The van der Waals surface area contributed by atoms with Gasteiger partial charge >= 0.3 is 0 Å². The Morgan fingerprint density at radius 2 is 1.96 bits per heavy atom. The summed E-state index contributed by atoms with van der Waals surface area (Å²) in [4.78, 5) is 18.8. The van der Waals surface area contributed by atoms with Crippen LogP contribution in [0.3, 0.4) is 0 Å². The summed E-state index contributed by atoms with van der Waals surface area (Å²) in [5, 5.41) is 12.3. The highest BCUT2D eigenvalue weighted by molar-refractivity contribution is 5.78. The fourth-order valence-electron chi connectivity index (χ4n) is 3.53. The van der Waals surface area contributed by atoms with Crippen molar-refractivity contribution >= 4 is 11.7 Å². The molecule has 6 nitrogen and oxygen atoms in total. The van der Waals surface area contributed by atoms with Gasteiger partial charge in [0, 0.05) is 25.3 Å². The zero-order chi connectivity index (χ0) is 20.1. The third-order valence-electron chi connectivity index (χ3n) is 5.29. The number of hydrogen-bond acceptors (Lipinski definition) is 5. The van der Waals surface area contributed by atoms with Gasteiger partial charge in [-0.15, -0.1) is 0 Å². The minimum atomic E-state index is -0.102. The van der Waals surface area contributed by atoms with Crippen LogP contribution in [0.4, 0.5) is 5.82 Å². The number of nitrogens with one attached hydrogen (secondary N) is 1. The molecule has 0 spiro atoms. The van der Waals surface area contributed by atoms with E-state index in [0.717, 1.165) is 54.2 Å². The van der Waals surface area contributed by atoms with Crippen LogP contribution in [0, 0.1) is 32.1 Å². The summed E-state index contributed by atoms with van der Waals surface area (Å²) in [6.45, 7) is 7.57. The van der Waals surface area contributed by atoms with Crippen LogP contribution in [-0.4, -0.2) is 36.6 Å². The van der Waals surface area contributed by atoms with Gasteiger partial charge in [-0.25, -0.2) is 4.98 Å². The Bertz CT molecular complexity index is 896. The molecule has 0 saturated carbocycles. The van der Waals surface area contributed by atoms with Crippen molar-refractivity contribution in [3.05, 3.63) is 52.7 Å². The highest BCUT2D eigenvalue weighted by atomic mass is 16.5. The lowest BCUT2D eigenvalue weighted by atomic mass is 10.0. The number of aromatic nitrogens is 1. The molecule has 0 aliphatic carbocycles. The lowest BCUT2D eigenvalue weighted by Gasteiger charge is -2.33. The van der Waals surface area contributed by atoms with Gasteiger partial charge in [0.1, 0.15) is 17.6 Å². The molecule has 6 heteroatoms. The molecule has 1 saturated heterocycles. The molecule has 28 heavy (non-hydrogen) atoms. The Morgan fingerprint density at radius 1 is 1.25 bits per heavy atom. The summed E-state index contributed by atoms with van der Waals surface area (Å²) in [5.74, 6) is 1.42. The Labute approximate surface area is 166 Å². The van der Waals surface area contributed by atoms with Crippen LogP contribution in [0.5, 0.6) is 5.75 Å². The zero-order valence-electron chi connectivity index (χ0n) is 16.7. The van der Waals surface area contributed by atoms with E-state index in [1.807, 2.05) is 26.8 Å². The quantitative estimate of drug-likeness (QED) is 0.865. The van der Waals surface area contributed by atoms with Crippen molar-refractivity contribution in [1.82, 2.24) is 10.3 Å². The number of carbonyl (C=O) groups excluding carboxylic acids is 1. The van der Waals surface area contributed by atoms with Crippen molar-refractivity contribution in [2.75, 3.05) is 24.6 Å². The first kappa shape index (κ1) is 19.7. The van der Waals surface area contributed by atoms with Gasteiger partial charge in [0.05, 0.1) is 5.56 Å². The van der Waals surface area contributed by atoms with Gasteiger partial charge in [-0.2, -0.15) is 5.26 Å². The van der Waals surface area contributed by atoms with E-state index in [1.165, 1.54) is 0 Å². The van der Waals surface area contributed by atoms with Crippen LogP contribution in [0.2, 0.25) is 0 Å². The van der Waals surface area contributed by atoms with Crippen molar-refractivity contribution in [2.45, 2.75) is 39.7 Å². The zero-order valence-corrected chi connectivity index (χ0v) is 16.7. The lowest BCUT2D eigenvalue weighted by molar-refractivity contribution is -0.123. The predicted octanol–water partition coefficient (Wildman–Crippen LogP) is 3.04. The maximum atomic E-state index is 12.3. The molecule has 0 radical (unpaired) electrons.